The number of benzene rings is 4. The summed E-state index contributed by atoms with van der Waals surface area (Å²) in [4.78, 5) is 24.8. The number of anilines is 2. The molecule has 240 valence electrons. The number of hydrogen-bond acceptors (Lipinski definition) is 7. The van der Waals surface area contributed by atoms with E-state index in [0.717, 1.165) is 53.5 Å². The first-order valence-corrected chi connectivity index (χ1v) is 16.7. The average molecular weight is 646 g/mol. The molecule has 0 radical (unpaired) electrons. The van der Waals surface area contributed by atoms with Crippen molar-refractivity contribution >= 4 is 33.1 Å². The van der Waals surface area contributed by atoms with Crippen molar-refractivity contribution in [1.82, 2.24) is 0 Å². The van der Waals surface area contributed by atoms with Crippen LogP contribution in [0.15, 0.2) is 95.9 Å². The van der Waals surface area contributed by atoms with Crippen molar-refractivity contribution in [3.8, 4) is 0 Å². The zero-order valence-corrected chi connectivity index (χ0v) is 26.4. The molecule has 0 aromatic heterocycles. The lowest BCUT2D eigenvalue weighted by molar-refractivity contribution is -0.387. The highest BCUT2D eigenvalue weighted by Gasteiger charge is 2.33. The van der Waals surface area contributed by atoms with Gasteiger partial charge in [-0.1, -0.05) is 66.7 Å². The van der Waals surface area contributed by atoms with Crippen LogP contribution in [0.1, 0.15) is 42.0 Å². The Labute approximate surface area is 268 Å². The molecular formula is C35H36FN3O6S. The first-order chi connectivity index (χ1) is 22.2. The summed E-state index contributed by atoms with van der Waals surface area (Å²) in [6.07, 6.45) is 2.61. The second-order valence-electron chi connectivity index (χ2n) is 11.1. The SMILES string of the molecule is CCOC(=O)CCc1ccc(N(Cc2cccc3c2N(CCc2ccccc2)CCC3)S(=O)(=O)c2ccccc2[N+](=O)[O-])cc1F. The number of halogens is 1. The van der Waals surface area contributed by atoms with Gasteiger partial charge in [0.1, 0.15) is 5.82 Å². The van der Waals surface area contributed by atoms with Crippen molar-refractivity contribution in [1.29, 1.82) is 0 Å². The smallest absolute Gasteiger partial charge is 0.306 e. The fourth-order valence-corrected chi connectivity index (χ4v) is 7.46. The summed E-state index contributed by atoms with van der Waals surface area (Å²) in [7, 11) is -4.56. The number of ether oxygens (including phenoxy) is 1. The molecule has 1 aliphatic rings. The van der Waals surface area contributed by atoms with Gasteiger partial charge in [0, 0.05) is 31.3 Å². The number of sulfonamides is 1. The number of esters is 1. The predicted octanol–water partition coefficient (Wildman–Crippen LogP) is 6.62. The molecule has 0 saturated carbocycles. The molecule has 0 amide bonds. The molecule has 0 N–H and O–H groups in total. The van der Waals surface area contributed by atoms with E-state index in [1.54, 1.807) is 6.92 Å². The van der Waals surface area contributed by atoms with Gasteiger partial charge < -0.3 is 9.64 Å². The van der Waals surface area contributed by atoms with Crippen LogP contribution in [0.25, 0.3) is 0 Å². The van der Waals surface area contributed by atoms with E-state index in [9.17, 15) is 23.3 Å². The number of para-hydroxylation sites is 2. The normalized spacial score (nSPS) is 12.8. The Morgan fingerprint density at radius 2 is 1.74 bits per heavy atom. The van der Waals surface area contributed by atoms with E-state index in [2.05, 4.69) is 17.0 Å². The van der Waals surface area contributed by atoms with Crippen molar-refractivity contribution in [2.45, 2.75) is 50.5 Å². The van der Waals surface area contributed by atoms with Crippen molar-refractivity contribution in [3.63, 3.8) is 0 Å². The second-order valence-corrected chi connectivity index (χ2v) is 12.9. The number of nitrogens with zero attached hydrogens (tertiary/aromatic N) is 3. The molecule has 0 bridgehead atoms. The number of hydrogen-bond donors (Lipinski definition) is 0. The van der Waals surface area contributed by atoms with Gasteiger partial charge in [-0.3, -0.25) is 19.2 Å². The number of nitro groups is 1. The molecule has 4 aromatic rings. The molecule has 1 heterocycles. The Balaban J connectivity index is 1.55. The summed E-state index contributed by atoms with van der Waals surface area (Å²) in [5.41, 5.74) is 3.58. The highest BCUT2D eigenvalue weighted by Crippen LogP contribution is 2.36. The molecule has 0 unspecified atom stereocenters. The number of nitro benzene ring substituents is 1. The van der Waals surface area contributed by atoms with Crippen LogP contribution in [0, 0.1) is 15.9 Å². The quantitative estimate of drug-likeness (QED) is 0.0913. The van der Waals surface area contributed by atoms with Crippen LogP contribution in [0.5, 0.6) is 0 Å². The van der Waals surface area contributed by atoms with Gasteiger partial charge in [0.15, 0.2) is 4.90 Å². The van der Waals surface area contributed by atoms with Gasteiger partial charge in [0.25, 0.3) is 15.7 Å². The van der Waals surface area contributed by atoms with Crippen LogP contribution in [-0.4, -0.2) is 39.0 Å². The zero-order chi connectivity index (χ0) is 32.7. The Morgan fingerprint density at radius 1 is 0.978 bits per heavy atom. The van der Waals surface area contributed by atoms with E-state index < -0.39 is 37.3 Å². The Hall–Kier alpha value is -4.77. The fraction of sp³-hybridized carbons (Fsp3) is 0.286. The third-order valence-electron chi connectivity index (χ3n) is 8.08. The monoisotopic (exact) mass is 645 g/mol. The van der Waals surface area contributed by atoms with Crippen LogP contribution in [0.2, 0.25) is 0 Å². The second kappa shape index (κ2) is 14.6. The fourth-order valence-electron chi connectivity index (χ4n) is 5.86. The number of fused-ring (bicyclic) bond motifs is 1. The lowest BCUT2D eigenvalue weighted by atomic mass is 9.97. The maximum atomic E-state index is 15.5. The summed E-state index contributed by atoms with van der Waals surface area (Å²) < 4.78 is 50.1. The van der Waals surface area contributed by atoms with Gasteiger partial charge in [-0.15, -0.1) is 0 Å². The largest absolute Gasteiger partial charge is 0.466 e. The van der Waals surface area contributed by atoms with E-state index in [0.29, 0.717) is 12.1 Å². The van der Waals surface area contributed by atoms with Crippen molar-refractivity contribution in [2.75, 3.05) is 28.9 Å². The van der Waals surface area contributed by atoms with Crippen LogP contribution in [-0.2, 0) is 45.4 Å². The van der Waals surface area contributed by atoms with Gasteiger partial charge in [0.2, 0.25) is 0 Å². The standard InChI is InChI=1S/C35H36FN3O6S/c1-2-45-34(40)20-18-27-17-19-30(24-31(27)36)38(46(43,44)33-16-7-6-15-32(33)39(41)42)25-29-13-8-12-28-14-9-22-37(35(28)29)23-21-26-10-4-3-5-11-26/h3-8,10-13,15-17,19,24H,2,9,14,18,20-23,25H2,1H3. The summed E-state index contributed by atoms with van der Waals surface area (Å²) >= 11 is 0. The van der Waals surface area contributed by atoms with Crippen LogP contribution < -0.4 is 9.21 Å². The molecule has 11 heteroatoms. The van der Waals surface area contributed by atoms with Gasteiger partial charge >= 0.3 is 5.97 Å². The molecule has 0 atom stereocenters. The summed E-state index contributed by atoms with van der Waals surface area (Å²) in [5, 5.41) is 11.9. The molecular weight excluding hydrogens is 609 g/mol. The third kappa shape index (κ3) is 7.37. The number of aryl methyl sites for hydroxylation is 2. The summed E-state index contributed by atoms with van der Waals surface area (Å²) in [6.45, 7) is 3.23. The first-order valence-electron chi connectivity index (χ1n) is 15.3. The van der Waals surface area contributed by atoms with E-state index in [-0.39, 0.29) is 37.2 Å². The lowest BCUT2D eigenvalue weighted by Crippen LogP contribution is -2.35. The number of rotatable bonds is 13. The van der Waals surface area contributed by atoms with Gasteiger partial charge in [-0.2, -0.15) is 0 Å². The minimum absolute atomic E-state index is 0.0137. The van der Waals surface area contributed by atoms with E-state index in [4.69, 9.17) is 4.74 Å². The molecule has 0 spiro atoms. The van der Waals surface area contributed by atoms with E-state index in [1.807, 2.05) is 36.4 Å². The Kier molecular flexibility index (Phi) is 10.3. The van der Waals surface area contributed by atoms with Gasteiger partial charge in [-0.05, 0) is 73.1 Å². The average Bonchev–Trinajstić information content (AvgIpc) is 3.06. The number of carbonyl (C=O) groups excluding carboxylic acids is 1. The molecule has 0 fully saturated rings. The lowest BCUT2D eigenvalue weighted by Gasteiger charge is -2.35. The van der Waals surface area contributed by atoms with Gasteiger partial charge in [0.05, 0.1) is 23.8 Å². The van der Waals surface area contributed by atoms with Crippen LogP contribution in [0.4, 0.5) is 21.5 Å². The molecule has 0 saturated heterocycles. The van der Waals surface area contributed by atoms with Crippen molar-refractivity contribution < 1.29 is 27.3 Å². The maximum absolute atomic E-state index is 15.5. The van der Waals surface area contributed by atoms with Crippen LogP contribution in [0.3, 0.4) is 0 Å². The van der Waals surface area contributed by atoms with E-state index in [1.165, 1.54) is 35.9 Å². The van der Waals surface area contributed by atoms with Gasteiger partial charge in [-0.25, -0.2) is 12.8 Å². The molecule has 46 heavy (non-hydrogen) atoms. The Bertz CT molecular complexity index is 1820. The highest BCUT2D eigenvalue weighted by atomic mass is 32.2. The molecule has 4 aromatic carbocycles. The molecule has 5 rings (SSSR count). The summed E-state index contributed by atoms with van der Waals surface area (Å²) in [6, 6.07) is 25.1. The Morgan fingerprint density at radius 3 is 2.48 bits per heavy atom. The van der Waals surface area contributed by atoms with Crippen molar-refractivity contribution in [3.05, 3.63) is 129 Å². The minimum Gasteiger partial charge on any atom is -0.466 e. The topological polar surface area (TPSA) is 110 Å². The number of carbonyl (C=O) groups is 1. The first kappa shape index (κ1) is 32.6. The van der Waals surface area contributed by atoms with Crippen molar-refractivity contribution in [2.24, 2.45) is 0 Å². The summed E-state index contributed by atoms with van der Waals surface area (Å²) in [5.74, 6) is -1.15. The third-order valence-corrected chi connectivity index (χ3v) is 9.90. The predicted molar refractivity (Wildman–Crippen MR) is 175 cm³/mol. The molecule has 9 nitrogen and oxygen atoms in total. The highest BCUT2D eigenvalue weighted by molar-refractivity contribution is 7.93. The van der Waals surface area contributed by atoms with Crippen LogP contribution >= 0.6 is 0 Å². The molecule has 0 aliphatic carbocycles. The minimum atomic E-state index is -4.56. The molecule has 1 aliphatic heterocycles. The zero-order valence-electron chi connectivity index (χ0n) is 25.6. The maximum Gasteiger partial charge on any atom is 0.306 e. The van der Waals surface area contributed by atoms with E-state index >= 15 is 4.39 Å².